The van der Waals surface area contributed by atoms with E-state index in [4.69, 9.17) is 20.0 Å². The Morgan fingerprint density at radius 3 is 2.76 bits per heavy atom. The van der Waals surface area contributed by atoms with Crippen molar-refractivity contribution in [1.29, 1.82) is 0 Å². The molecule has 2 heterocycles. The van der Waals surface area contributed by atoms with Crippen LogP contribution < -0.4 is 15.3 Å². The van der Waals surface area contributed by atoms with Gasteiger partial charge in [0.05, 0.1) is 19.8 Å². The number of benzene rings is 1. The molecule has 0 radical (unpaired) electrons. The third-order valence-electron chi connectivity index (χ3n) is 3.41. The summed E-state index contributed by atoms with van der Waals surface area (Å²) in [5.74, 6) is 0.478. The monoisotopic (exact) mass is 343 g/mol. The Labute approximate surface area is 145 Å². The second-order valence-corrected chi connectivity index (χ2v) is 5.29. The number of imidazole rings is 1. The van der Waals surface area contributed by atoms with Crippen LogP contribution in [0.5, 0.6) is 5.88 Å². The van der Waals surface area contributed by atoms with E-state index in [2.05, 4.69) is 15.0 Å². The van der Waals surface area contributed by atoms with Crippen molar-refractivity contribution in [3.8, 4) is 5.88 Å². The van der Waals surface area contributed by atoms with Gasteiger partial charge in [-0.15, -0.1) is 0 Å². The molecule has 3 aromatic rings. The van der Waals surface area contributed by atoms with Crippen LogP contribution in [0.2, 0.25) is 0 Å². The molecule has 0 fully saturated rings. The molecule has 0 aliphatic rings. The third-order valence-corrected chi connectivity index (χ3v) is 3.41. The average molecular weight is 343 g/mol. The summed E-state index contributed by atoms with van der Waals surface area (Å²) in [6.07, 6.45) is 2.28. The first-order valence-corrected chi connectivity index (χ1v) is 8.16. The van der Waals surface area contributed by atoms with Crippen LogP contribution in [-0.2, 0) is 11.3 Å². The Bertz CT molecular complexity index is 807. The molecule has 0 amide bonds. The normalized spacial score (nSPS) is 10.9. The summed E-state index contributed by atoms with van der Waals surface area (Å²) < 4.78 is 12.5. The first-order chi connectivity index (χ1) is 12.3. The summed E-state index contributed by atoms with van der Waals surface area (Å²) in [5.41, 5.74) is 7.88. The predicted molar refractivity (Wildman–Crippen MR) is 93.1 cm³/mol. The minimum absolute atomic E-state index is 0.118. The highest BCUT2D eigenvalue weighted by Gasteiger charge is 2.13. The van der Waals surface area contributed by atoms with Crippen LogP contribution in [0.1, 0.15) is 18.9 Å². The van der Waals surface area contributed by atoms with Crippen molar-refractivity contribution in [1.82, 2.24) is 19.7 Å². The Morgan fingerprint density at radius 2 is 1.96 bits per heavy atom. The van der Waals surface area contributed by atoms with Crippen LogP contribution in [0, 0.1) is 0 Å². The maximum absolute atomic E-state index is 5.71. The number of aromatic nitrogens is 4. The molecule has 2 aromatic heterocycles. The number of nitrogen functional groups attached to an aromatic ring is 1. The van der Waals surface area contributed by atoms with Crippen LogP contribution >= 0.6 is 0 Å². The molecule has 0 spiro atoms. The van der Waals surface area contributed by atoms with Gasteiger partial charge in [0.25, 0.3) is 0 Å². The van der Waals surface area contributed by atoms with Crippen molar-refractivity contribution in [3.63, 3.8) is 0 Å². The standard InChI is InChI=1S/C17H21N5O3/c1-2-24-16-14-15(20-17(18)21-16)22(12-19-14)25-10-6-9-23-11-13-7-4-3-5-8-13/h3-5,7-8,12H,2,6,9-11H2,1H3,(H2,18,20,21). The first kappa shape index (κ1) is 17.0. The predicted octanol–water partition coefficient (Wildman–Crippen LogP) is 1.84. The first-order valence-electron chi connectivity index (χ1n) is 8.16. The van der Waals surface area contributed by atoms with Gasteiger partial charge in [-0.05, 0) is 12.5 Å². The number of anilines is 1. The lowest BCUT2D eigenvalue weighted by Crippen LogP contribution is -2.14. The molecular weight excluding hydrogens is 322 g/mol. The van der Waals surface area contributed by atoms with E-state index in [-0.39, 0.29) is 5.95 Å². The molecule has 2 N–H and O–H groups in total. The lowest BCUT2D eigenvalue weighted by atomic mass is 10.2. The minimum atomic E-state index is 0.118. The van der Waals surface area contributed by atoms with Gasteiger partial charge in [-0.3, -0.25) is 0 Å². The van der Waals surface area contributed by atoms with Crippen molar-refractivity contribution in [2.75, 3.05) is 25.6 Å². The summed E-state index contributed by atoms with van der Waals surface area (Å²) in [7, 11) is 0. The van der Waals surface area contributed by atoms with Crippen molar-refractivity contribution in [2.45, 2.75) is 20.0 Å². The molecule has 1 aromatic carbocycles. The molecule has 132 valence electrons. The van der Waals surface area contributed by atoms with Gasteiger partial charge >= 0.3 is 0 Å². The number of fused-ring (bicyclic) bond motifs is 1. The molecule has 0 saturated heterocycles. The fourth-order valence-electron chi connectivity index (χ4n) is 2.29. The quantitative estimate of drug-likeness (QED) is 0.592. The maximum Gasteiger partial charge on any atom is 0.247 e. The summed E-state index contributed by atoms with van der Waals surface area (Å²) in [5, 5.41) is 0. The van der Waals surface area contributed by atoms with Gasteiger partial charge in [0, 0.05) is 6.42 Å². The summed E-state index contributed by atoms with van der Waals surface area (Å²) in [6.45, 7) is 4.00. The van der Waals surface area contributed by atoms with E-state index in [1.165, 1.54) is 11.1 Å². The smallest absolute Gasteiger partial charge is 0.247 e. The highest BCUT2D eigenvalue weighted by molar-refractivity contribution is 5.77. The van der Waals surface area contributed by atoms with E-state index in [1.807, 2.05) is 37.3 Å². The number of hydrogen-bond donors (Lipinski definition) is 1. The average Bonchev–Trinajstić information content (AvgIpc) is 3.02. The van der Waals surface area contributed by atoms with E-state index >= 15 is 0 Å². The van der Waals surface area contributed by atoms with Crippen LogP contribution in [0.3, 0.4) is 0 Å². The van der Waals surface area contributed by atoms with E-state index in [0.29, 0.717) is 43.5 Å². The highest BCUT2D eigenvalue weighted by atomic mass is 16.7. The molecule has 0 atom stereocenters. The van der Waals surface area contributed by atoms with Gasteiger partial charge in [-0.1, -0.05) is 30.3 Å². The van der Waals surface area contributed by atoms with Gasteiger partial charge in [0.1, 0.15) is 12.9 Å². The fraction of sp³-hybridized carbons (Fsp3) is 0.353. The van der Waals surface area contributed by atoms with E-state index in [9.17, 15) is 0 Å². The zero-order valence-electron chi connectivity index (χ0n) is 14.1. The molecule has 0 saturated carbocycles. The largest absolute Gasteiger partial charge is 0.476 e. The molecule has 8 nitrogen and oxygen atoms in total. The van der Waals surface area contributed by atoms with E-state index in [1.54, 1.807) is 0 Å². The molecule has 0 aliphatic heterocycles. The topological polar surface area (TPSA) is 97.3 Å². The molecule has 25 heavy (non-hydrogen) atoms. The van der Waals surface area contributed by atoms with Crippen LogP contribution in [0.25, 0.3) is 11.2 Å². The Balaban J connectivity index is 1.50. The van der Waals surface area contributed by atoms with Crippen molar-refractivity contribution < 1.29 is 14.3 Å². The summed E-state index contributed by atoms with van der Waals surface area (Å²) in [6, 6.07) is 10.1. The minimum Gasteiger partial charge on any atom is -0.476 e. The molecular formula is C17H21N5O3. The summed E-state index contributed by atoms with van der Waals surface area (Å²) >= 11 is 0. The second-order valence-electron chi connectivity index (χ2n) is 5.29. The Morgan fingerprint density at radius 1 is 1.12 bits per heavy atom. The lowest BCUT2D eigenvalue weighted by Gasteiger charge is -2.08. The van der Waals surface area contributed by atoms with Crippen LogP contribution in [0.15, 0.2) is 36.7 Å². The second kappa shape index (κ2) is 8.29. The fourth-order valence-corrected chi connectivity index (χ4v) is 2.29. The van der Waals surface area contributed by atoms with Gasteiger partial charge in [0.2, 0.25) is 17.5 Å². The maximum atomic E-state index is 5.71. The zero-order valence-corrected chi connectivity index (χ0v) is 14.1. The van der Waals surface area contributed by atoms with Gasteiger partial charge in [0.15, 0.2) is 5.52 Å². The number of nitrogens with zero attached hydrogens (tertiary/aromatic N) is 4. The molecule has 0 unspecified atom stereocenters. The zero-order chi connectivity index (χ0) is 17.5. The lowest BCUT2D eigenvalue weighted by molar-refractivity contribution is 0.0697. The third kappa shape index (κ3) is 4.36. The Hall–Kier alpha value is -2.87. The number of rotatable bonds is 9. The molecule has 0 aliphatic carbocycles. The van der Waals surface area contributed by atoms with Crippen molar-refractivity contribution in [3.05, 3.63) is 42.2 Å². The number of hydrogen-bond acceptors (Lipinski definition) is 7. The van der Waals surface area contributed by atoms with Crippen LogP contribution in [-0.4, -0.2) is 39.5 Å². The van der Waals surface area contributed by atoms with Crippen LogP contribution in [0.4, 0.5) is 5.95 Å². The molecule has 3 rings (SSSR count). The van der Waals surface area contributed by atoms with Crippen molar-refractivity contribution in [2.24, 2.45) is 0 Å². The van der Waals surface area contributed by atoms with Crippen molar-refractivity contribution >= 4 is 17.1 Å². The number of ether oxygens (including phenoxy) is 2. The van der Waals surface area contributed by atoms with Gasteiger partial charge in [-0.2, -0.15) is 14.7 Å². The van der Waals surface area contributed by atoms with E-state index < -0.39 is 0 Å². The molecule has 0 bridgehead atoms. The van der Waals surface area contributed by atoms with Gasteiger partial charge in [-0.25, -0.2) is 4.98 Å². The van der Waals surface area contributed by atoms with Gasteiger partial charge < -0.3 is 20.0 Å². The number of nitrogens with two attached hydrogens (primary N) is 1. The Kier molecular flexibility index (Phi) is 5.63. The SMILES string of the molecule is CCOc1nc(N)nc2c1ncn2OCCCOCc1ccccc1. The van der Waals surface area contributed by atoms with E-state index in [0.717, 1.165) is 12.0 Å². The summed E-state index contributed by atoms with van der Waals surface area (Å²) in [4.78, 5) is 18.1. The molecule has 8 heteroatoms. The highest BCUT2D eigenvalue weighted by Crippen LogP contribution is 2.21.